The number of benzene rings is 2. The maximum atomic E-state index is 6.26. The van der Waals surface area contributed by atoms with Crippen LogP contribution in [0.1, 0.15) is 11.1 Å². The molecule has 2 heterocycles. The van der Waals surface area contributed by atoms with Gasteiger partial charge in [-0.05, 0) is 24.1 Å². The Bertz CT molecular complexity index is 1080. The lowest BCUT2D eigenvalue weighted by molar-refractivity contribution is 0.350. The minimum Gasteiger partial charge on any atom is -0.493 e. The van der Waals surface area contributed by atoms with E-state index in [0.717, 1.165) is 29.7 Å². The zero-order chi connectivity index (χ0) is 20.5. The molecule has 0 atom stereocenters. The molecule has 0 unspecified atom stereocenters. The molecule has 2 N–H and O–H groups in total. The molecule has 0 saturated heterocycles. The number of hydrogen-bond acceptors (Lipinski definition) is 8. The van der Waals surface area contributed by atoms with E-state index >= 15 is 0 Å². The summed E-state index contributed by atoms with van der Waals surface area (Å²) < 4.78 is 21.8. The highest BCUT2D eigenvalue weighted by Crippen LogP contribution is 2.38. The van der Waals surface area contributed by atoms with Crippen LogP contribution in [0.4, 0.5) is 11.8 Å². The van der Waals surface area contributed by atoms with Crippen LogP contribution in [0.15, 0.2) is 24.3 Å². The molecule has 0 bridgehead atoms. The Morgan fingerprint density at radius 1 is 0.900 bits per heavy atom. The number of aromatic nitrogens is 2. The molecule has 1 aliphatic heterocycles. The summed E-state index contributed by atoms with van der Waals surface area (Å²) in [6.07, 6.45) is 0.850. The van der Waals surface area contributed by atoms with Gasteiger partial charge in [-0.2, -0.15) is 4.98 Å². The van der Waals surface area contributed by atoms with Crippen molar-refractivity contribution in [2.24, 2.45) is 0 Å². The van der Waals surface area contributed by atoms with Gasteiger partial charge in [0.1, 0.15) is 5.82 Å². The molecule has 0 amide bonds. The molecule has 160 valence electrons. The number of anilines is 2. The van der Waals surface area contributed by atoms with Gasteiger partial charge in [-0.25, -0.2) is 4.98 Å². The smallest absolute Gasteiger partial charge is 0.228 e. The van der Waals surface area contributed by atoms with E-state index in [2.05, 4.69) is 16.0 Å². The third-order valence-corrected chi connectivity index (χ3v) is 5.25. The summed E-state index contributed by atoms with van der Waals surface area (Å²) in [4.78, 5) is 11.4. The Balaban J connectivity index is 0.00000256. The first-order valence-electron chi connectivity index (χ1n) is 9.26. The lowest BCUT2D eigenvalue weighted by Crippen LogP contribution is -2.32. The van der Waals surface area contributed by atoms with Gasteiger partial charge in [0.15, 0.2) is 23.0 Å². The zero-order valence-corrected chi connectivity index (χ0v) is 18.2. The predicted octanol–water partition coefficient (Wildman–Crippen LogP) is 3.23. The number of rotatable bonds is 5. The van der Waals surface area contributed by atoms with Gasteiger partial charge < -0.3 is 29.6 Å². The molecule has 0 aliphatic carbocycles. The molecule has 0 radical (unpaired) electrons. The van der Waals surface area contributed by atoms with Crippen LogP contribution in [0.25, 0.3) is 10.9 Å². The fourth-order valence-electron chi connectivity index (χ4n) is 3.74. The number of fused-ring (bicyclic) bond motifs is 2. The van der Waals surface area contributed by atoms with Gasteiger partial charge in [0.25, 0.3) is 0 Å². The van der Waals surface area contributed by atoms with Crippen LogP contribution in [0, 0.1) is 0 Å². The summed E-state index contributed by atoms with van der Waals surface area (Å²) in [5.74, 6) is 3.61. The third-order valence-electron chi connectivity index (χ3n) is 5.25. The largest absolute Gasteiger partial charge is 0.493 e. The van der Waals surface area contributed by atoms with Crippen LogP contribution in [0.2, 0.25) is 0 Å². The molecular weight excluding hydrogens is 408 g/mol. The van der Waals surface area contributed by atoms with E-state index in [1.54, 1.807) is 34.5 Å². The van der Waals surface area contributed by atoms with Gasteiger partial charge in [0.05, 0.1) is 34.0 Å². The normalized spacial score (nSPS) is 12.7. The van der Waals surface area contributed by atoms with Crippen molar-refractivity contribution in [1.29, 1.82) is 0 Å². The highest BCUT2D eigenvalue weighted by atomic mass is 35.5. The number of methoxy groups -OCH3 is 4. The minimum absolute atomic E-state index is 0. The van der Waals surface area contributed by atoms with Gasteiger partial charge in [0.2, 0.25) is 5.95 Å². The Hall–Kier alpha value is -3.13. The number of nitrogen functional groups attached to an aromatic ring is 1. The van der Waals surface area contributed by atoms with Crippen LogP contribution in [0.5, 0.6) is 23.0 Å². The molecular formula is C21H25ClN4O4. The minimum atomic E-state index is 0. The average Bonchev–Trinajstić information content (AvgIpc) is 2.76. The Morgan fingerprint density at radius 3 is 2.27 bits per heavy atom. The Labute approximate surface area is 181 Å². The molecule has 4 rings (SSSR count). The van der Waals surface area contributed by atoms with Gasteiger partial charge in [-0.3, -0.25) is 0 Å². The standard InChI is InChI=1S/C21H24N4O4.ClH/c1-26-16-6-5-12-7-8-25(11-14(12)19(16)29-4)21-23-15-10-18(28-3)17(27-2)9-13(15)20(22)24-21;/h5-6,9-10H,7-8,11H2,1-4H3,(H2,22,23,24);1H. The fraction of sp³-hybridized carbons (Fsp3) is 0.333. The monoisotopic (exact) mass is 432 g/mol. The SMILES string of the molecule is COc1cc2nc(N3CCc4ccc(OC)c(OC)c4C3)nc(N)c2cc1OC.Cl. The van der Waals surface area contributed by atoms with Crippen molar-refractivity contribution in [3.05, 3.63) is 35.4 Å². The van der Waals surface area contributed by atoms with E-state index in [1.807, 2.05) is 12.1 Å². The average molecular weight is 433 g/mol. The van der Waals surface area contributed by atoms with Crippen molar-refractivity contribution >= 4 is 35.1 Å². The first-order valence-corrected chi connectivity index (χ1v) is 9.26. The maximum Gasteiger partial charge on any atom is 0.228 e. The molecule has 2 aromatic carbocycles. The Morgan fingerprint density at radius 2 is 1.60 bits per heavy atom. The molecule has 8 nitrogen and oxygen atoms in total. The van der Waals surface area contributed by atoms with E-state index in [4.69, 9.17) is 29.7 Å². The van der Waals surface area contributed by atoms with E-state index < -0.39 is 0 Å². The van der Waals surface area contributed by atoms with Crippen molar-refractivity contribution in [2.75, 3.05) is 45.6 Å². The molecule has 0 fully saturated rings. The van der Waals surface area contributed by atoms with E-state index in [9.17, 15) is 0 Å². The number of hydrogen-bond donors (Lipinski definition) is 1. The first kappa shape index (κ1) is 21.6. The summed E-state index contributed by atoms with van der Waals surface area (Å²) in [5.41, 5.74) is 9.27. The number of nitrogens with two attached hydrogens (primary N) is 1. The van der Waals surface area contributed by atoms with Crippen molar-refractivity contribution in [1.82, 2.24) is 9.97 Å². The van der Waals surface area contributed by atoms with Crippen LogP contribution < -0.4 is 29.6 Å². The molecule has 9 heteroatoms. The van der Waals surface area contributed by atoms with E-state index in [0.29, 0.717) is 41.1 Å². The second-order valence-corrected chi connectivity index (χ2v) is 6.74. The van der Waals surface area contributed by atoms with Gasteiger partial charge in [-0.15, -0.1) is 12.4 Å². The van der Waals surface area contributed by atoms with Crippen molar-refractivity contribution < 1.29 is 18.9 Å². The summed E-state index contributed by atoms with van der Waals surface area (Å²) in [7, 11) is 6.47. The van der Waals surface area contributed by atoms with E-state index in [-0.39, 0.29) is 12.4 Å². The first-order chi connectivity index (χ1) is 14.1. The summed E-state index contributed by atoms with van der Waals surface area (Å²) in [6, 6.07) is 7.64. The third kappa shape index (κ3) is 3.59. The molecule has 30 heavy (non-hydrogen) atoms. The highest BCUT2D eigenvalue weighted by molar-refractivity contribution is 5.91. The van der Waals surface area contributed by atoms with Crippen molar-refractivity contribution in [3.63, 3.8) is 0 Å². The molecule has 0 saturated carbocycles. The number of ether oxygens (including phenoxy) is 4. The second-order valence-electron chi connectivity index (χ2n) is 6.74. The van der Waals surface area contributed by atoms with E-state index in [1.165, 1.54) is 5.56 Å². The molecule has 1 aliphatic rings. The number of halogens is 1. The van der Waals surface area contributed by atoms with Gasteiger partial charge in [-0.1, -0.05) is 6.07 Å². The van der Waals surface area contributed by atoms with Crippen LogP contribution in [-0.2, 0) is 13.0 Å². The lowest BCUT2D eigenvalue weighted by Gasteiger charge is -2.30. The highest BCUT2D eigenvalue weighted by Gasteiger charge is 2.25. The maximum absolute atomic E-state index is 6.26. The Kier molecular flexibility index (Phi) is 6.26. The van der Waals surface area contributed by atoms with Crippen LogP contribution in [-0.4, -0.2) is 45.0 Å². The van der Waals surface area contributed by atoms with Crippen molar-refractivity contribution in [2.45, 2.75) is 13.0 Å². The quantitative estimate of drug-likeness (QED) is 0.657. The summed E-state index contributed by atoms with van der Waals surface area (Å²) in [6.45, 7) is 1.38. The van der Waals surface area contributed by atoms with Crippen LogP contribution >= 0.6 is 12.4 Å². The topological polar surface area (TPSA) is 92.0 Å². The second kappa shape index (κ2) is 8.71. The predicted molar refractivity (Wildman–Crippen MR) is 119 cm³/mol. The lowest BCUT2D eigenvalue weighted by atomic mass is 9.98. The van der Waals surface area contributed by atoms with Crippen molar-refractivity contribution in [3.8, 4) is 23.0 Å². The summed E-state index contributed by atoms with van der Waals surface area (Å²) in [5, 5.41) is 0.725. The van der Waals surface area contributed by atoms with Crippen LogP contribution in [0.3, 0.4) is 0 Å². The summed E-state index contributed by atoms with van der Waals surface area (Å²) >= 11 is 0. The fourth-order valence-corrected chi connectivity index (χ4v) is 3.74. The zero-order valence-electron chi connectivity index (χ0n) is 17.4. The van der Waals surface area contributed by atoms with Gasteiger partial charge in [0, 0.05) is 30.1 Å². The number of nitrogens with zero attached hydrogens (tertiary/aromatic N) is 3. The molecule has 0 spiro atoms. The van der Waals surface area contributed by atoms with Gasteiger partial charge >= 0.3 is 0 Å². The molecule has 3 aromatic rings. The molecule has 1 aromatic heterocycles.